The second kappa shape index (κ2) is 7.89. The number of nitrogens with one attached hydrogen (secondary N) is 1. The van der Waals surface area contributed by atoms with Crippen LogP contribution in [0.4, 0.5) is 4.39 Å². The Morgan fingerprint density at radius 1 is 1.32 bits per heavy atom. The van der Waals surface area contributed by atoms with Crippen molar-refractivity contribution >= 4 is 5.91 Å². The predicted octanol–water partition coefficient (Wildman–Crippen LogP) is 1.33. The maximum absolute atomic E-state index is 13.5. The molecular weight excluding hydrogens is 363 g/mol. The van der Waals surface area contributed by atoms with E-state index in [1.165, 1.54) is 16.8 Å². The summed E-state index contributed by atoms with van der Waals surface area (Å²) in [4.78, 5) is 14.9. The van der Waals surface area contributed by atoms with Gasteiger partial charge in [0, 0.05) is 25.7 Å². The molecule has 1 aromatic heterocycles. The molecule has 2 aliphatic rings. The van der Waals surface area contributed by atoms with E-state index in [0.29, 0.717) is 17.9 Å². The number of carbonyl (C=O) groups excluding carboxylic acids is 1. The molecule has 1 saturated carbocycles. The van der Waals surface area contributed by atoms with E-state index >= 15 is 0 Å². The minimum Gasteiger partial charge on any atom is -0.487 e. The van der Waals surface area contributed by atoms with Gasteiger partial charge in [-0.15, -0.1) is 0 Å². The average molecular weight is 388 g/mol. The normalized spacial score (nSPS) is 27.8. The lowest BCUT2D eigenvalue weighted by Crippen LogP contribution is -2.52. The molecule has 2 fully saturated rings. The summed E-state index contributed by atoms with van der Waals surface area (Å²) in [6, 6.07) is 7.05. The van der Waals surface area contributed by atoms with E-state index in [1.54, 1.807) is 31.4 Å². The molecule has 2 aromatic rings. The Labute approximate surface area is 163 Å². The predicted molar refractivity (Wildman–Crippen MR) is 100 cm³/mol. The molecule has 150 valence electrons. The van der Waals surface area contributed by atoms with Gasteiger partial charge in [0.05, 0.1) is 12.1 Å². The van der Waals surface area contributed by atoms with Crippen molar-refractivity contribution in [3.05, 3.63) is 48.0 Å². The molecule has 1 aliphatic heterocycles. The van der Waals surface area contributed by atoms with Crippen molar-refractivity contribution in [2.45, 2.75) is 43.6 Å². The fraction of sp³-hybridized carbons (Fsp3) is 0.500. The van der Waals surface area contributed by atoms with Gasteiger partial charge < -0.3 is 15.2 Å². The fourth-order valence-corrected chi connectivity index (χ4v) is 4.31. The molecule has 8 heteroatoms. The number of likely N-dealkylation sites (tertiary alicyclic amines) is 1. The van der Waals surface area contributed by atoms with Gasteiger partial charge in [0.2, 0.25) is 0 Å². The van der Waals surface area contributed by atoms with Gasteiger partial charge in [-0.2, -0.15) is 5.10 Å². The first-order valence-corrected chi connectivity index (χ1v) is 9.66. The molecule has 2 heterocycles. The number of halogens is 1. The first-order chi connectivity index (χ1) is 13.5. The van der Waals surface area contributed by atoms with E-state index in [0.717, 1.165) is 25.9 Å². The number of aromatic nitrogens is 2. The molecule has 1 amide bonds. The van der Waals surface area contributed by atoms with Crippen molar-refractivity contribution in [1.29, 1.82) is 0 Å². The highest BCUT2D eigenvalue weighted by Crippen LogP contribution is 2.31. The lowest BCUT2D eigenvalue weighted by atomic mass is 10.1. The summed E-state index contributed by atoms with van der Waals surface area (Å²) < 4.78 is 20.9. The van der Waals surface area contributed by atoms with Crippen LogP contribution in [0.25, 0.3) is 0 Å². The zero-order chi connectivity index (χ0) is 19.7. The summed E-state index contributed by atoms with van der Waals surface area (Å²) in [5, 5.41) is 18.1. The van der Waals surface area contributed by atoms with Gasteiger partial charge in [-0.05, 0) is 44.1 Å². The number of amides is 1. The van der Waals surface area contributed by atoms with Gasteiger partial charge in [0.15, 0.2) is 0 Å². The fourth-order valence-electron chi connectivity index (χ4n) is 4.31. The van der Waals surface area contributed by atoms with Crippen LogP contribution in [-0.2, 0) is 7.05 Å². The molecule has 2 N–H and O–H groups in total. The second-order valence-corrected chi connectivity index (χ2v) is 7.49. The van der Waals surface area contributed by atoms with Crippen molar-refractivity contribution in [2.75, 3.05) is 13.1 Å². The van der Waals surface area contributed by atoms with Crippen LogP contribution in [-0.4, -0.2) is 63.1 Å². The van der Waals surface area contributed by atoms with E-state index in [9.17, 15) is 14.3 Å². The van der Waals surface area contributed by atoms with Crippen molar-refractivity contribution in [1.82, 2.24) is 20.0 Å². The molecule has 0 bridgehead atoms. The summed E-state index contributed by atoms with van der Waals surface area (Å²) in [7, 11) is 1.71. The summed E-state index contributed by atoms with van der Waals surface area (Å²) in [6.07, 6.45) is 2.86. The Hall–Kier alpha value is -2.45. The molecule has 4 rings (SSSR count). The Balaban J connectivity index is 1.52. The van der Waals surface area contributed by atoms with Gasteiger partial charge in [0.1, 0.15) is 29.5 Å². The summed E-state index contributed by atoms with van der Waals surface area (Å²) >= 11 is 0. The Morgan fingerprint density at radius 3 is 2.79 bits per heavy atom. The van der Waals surface area contributed by atoms with Crippen LogP contribution in [0.15, 0.2) is 36.5 Å². The van der Waals surface area contributed by atoms with Crippen LogP contribution in [0.5, 0.6) is 5.75 Å². The van der Waals surface area contributed by atoms with Gasteiger partial charge in [-0.1, -0.05) is 6.07 Å². The van der Waals surface area contributed by atoms with Crippen LogP contribution in [0.2, 0.25) is 0 Å². The maximum Gasteiger partial charge on any atom is 0.269 e. The lowest BCUT2D eigenvalue weighted by molar-refractivity contribution is 0.0138. The molecule has 1 saturated heterocycles. The van der Waals surface area contributed by atoms with Gasteiger partial charge in [-0.3, -0.25) is 14.4 Å². The molecule has 4 atom stereocenters. The minimum atomic E-state index is -0.779. The summed E-state index contributed by atoms with van der Waals surface area (Å²) in [6.45, 7) is 1.76. The number of rotatable bonds is 5. The van der Waals surface area contributed by atoms with Crippen molar-refractivity contribution < 1.29 is 19.0 Å². The Bertz CT molecular complexity index is 836. The van der Waals surface area contributed by atoms with Crippen LogP contribution in [0, 0.1) is 5.82 Å². The lowest BCUT2D eigenvalue weighted by Gasteiger charge is -2.31. The van der Waals surface area contributed by atoms with Crippen LogP contribution >= 0.6 is 0 Å². The topological polar surface area (TPSA) is 79.6 Å². The third-order valence-electron chi connectivity index (χ3n) is 5.65. The molecule has 1 aliphatic carbocycles. The van der Waals surface area contributed by atoms with E-state index in [4.69, 9.17) is 4.74 Å². The minimum absolute atomic E-state index is 0.229. The molecule has 1 aromatic carbocycles. The Morgan fingerprint density at radius 2 is 2.11 bits per heavy atom. The van der Waals surface area contributed by atoms with E-state index in [2.05, 4.69) is 15.3 Å². The van der Waals surface area contributed by atoms with Gasteiger partial charge in [0.25, 0.3) is 5.91 Å². The molecule has 0 unspecified atom stereocenters. The second-order valence-electron chi connectivity index (χ2n) is 7.49. The largest absolute Gasteiger partial charge is 0.487 e. The van der Waals surface area contributed by atoms with E-state index < -0.39 is 12.2 Å². The van der Waals surface area contributed by atoms with Crippen LogP contribution < -0.4 is 10.1 Å². The number of ether oxygens (including phenoxy) is 1. The average Bonchev–Trinajstić information content (AvgIpc) is 3.37. The Kier molecular flexibility index (Phi) is 5.32. The zero-order valence-electron chi connectivity index (χ0n) is 15.8. The van der Waals surface area contributed by atoms with Gasteiger partial charge in [-0.25, -0.2) is 4.39 Å². The third-order valence-corrected chi connectivity index (χ3v) is 5.65. The SMILES string of the molecule is Cn1nccc1C(=O)N[C@@H]1C[C@@H](Oc2cccc(F)c2)[C@H](O)[C@H]1N1CCCC1. The number of aryl methyl sites for hydroxylation is 1. The number of nitrogens with zero attached hydrogens (tertiary/aromatic N) is 3. The smallest absolute Gasteiger partial charge is 0.269 e. The quantitative estimate of drug-likeness (QED) is 0.808. The first kappa shape index (κ1) is 18.9. The van der Waals surface area contributed by atoms with Crippen molar-refractivity contribution in [3.8, 4) is 5.75 Å². The van der Waals surface area contributed by atoms with Crippen LogP contribution in [0.3, 0.4) is 0 Å². The molecule has 0 radical (unpaired) electrons. The third kappa shape index (κ3) is 3.74. The number of hydrogen-bond donors (Lipinski definition) is 2. The van der Waals surface area contributed by atoms with Crippen molar-refractivity contribution in [2.24, 2.45) is 7.05 Å². The van der Waals surface area contributed by atoms with E-state index in [-0.39, 0.29) is 23.8 Å². The highest BCUT2D eigenvalue weighted by atomic mass is 19.1. The van der Waals surface area contributed by atoms with Crippen LogP contribution in [0.1, 0.15) is 29.8 Å². The van der Waals surface area contributed by atoms with E-state index in [1.807, 2.05) is 0 Å². The summed E-state index contributed by atoms with van der Waals surface area (Å²) in [5.74, 6) is -0.238. The standard InChI is InChI=1S/C20H25FN4O3/c1-24-16(7-8-22-24)20(27)23-15-12-17(28-14-6-4-5-13(21)11-14)19(26)18(15)25-9-2-3-10-25/h4-8,11,15,17-19,26H,2-3,9-10,12H2,1H3,(H,23,27)/t15-,17-,18+,19+/m1/s1. The molecular formula is C20H25FN4O3. The number of hydrogen-bond acceptors (Lipinski definition) is 5. The number of aliphatic hydroxyl groups is 1. The summed E-state index contributed by atoms with van der Waals surface area (Å²) in [5.41, 5.74) is 0.462. The monoisotopic (exact) mass is 388 g/mol. The number of aliphatic hydroxyl groups excluding tert-OH is 1. The highest BCUT2D eigenvalue weighted by molar-refractivity contribution is 5.92. The zero-order valence-corrected chi connectivity index (χ0v) is 15.8. The highest BCUT2D eigenvalue weighted by Gasteiger charge is 2.48. The number of carbonyl (C=O) groups is 1. The maximum atomic E-state index is 13.5. The number of benzene rings is 1. The molecule has 28 heavy (non-hydrogen) atoms. The molecule has 0 spiro atoms. The van der Waals surface area contributed by atoms with Gasteiger partial charge >= 0.3 is 0 Å². The first-order valence-electron chi connectivity index (χ1n) is 9.66. The molecule has 7 nitrogen and oxygen atoms in total. The van der Waals surface area contributed by atoms with Crippen molar-refractivity contribution in [3.63, 3.8) is 0 Å².